The lowest BCUT2D eigenvalue weighted by atomic mass is 10.1. The molecule has 3 aromatic rings. The van der Waals surface area contributed by atoms with Crippen LogP contribution in [0.2, 0.25) is 0 Å². The lowest BCUT2D eigenvalue weighted by Crippen LogP contribution is -2.27. The number of nitro groups is 1. The Labute approximate surface area is 232 Å². The van der Waals surface area contributed by atoms with Gasteiger partial charge >= 0.3 is 11.9 Å². The second kappa shape index (κ2) is 10.9. The standard InChI is InChI=1S/C24H12Br2F4N2O5S/c25-16-7-13(9-20-22(33)31(23(34)38-20)11-12-1-4-15(27)5-2-12)8-17(26)21(16)37-19-6-3-14(24(28,29)30)10-18(19)32(35)36/h1-10H,11H2/b20-9-. The molecule has 14 heteroatoms. The molecule has 7 nitrogen and oxygen atoms in total. The first-order valence-electron chi connectivity index (χ1n) is 10.4. The highest BCUT2D eigenvalue weighted by molar-refractivity contribution is 9.11. The van der Waals surface area contributed by atoms with E-state index in [4.69, 9.17) is 4.74 Å². The number of ether oxygens (including phenoxy) is 1. The molecule has 1 heterocycles. The Kier molecular flexibility index (Phi) is 7.95. The van der Waals surface area contributed by atoms with Gasteiger partial charge in [0.2, 0.25) is 5.75 Å². The van der Waals surface area contributed by atoms with Crippen LogP contribution in [0.3, 0.4) is 0 Å². The van der Waals surface area contributed by atoms with Crippen molar-refractivity contribution in [3.8, 4) is 11.5 Å². The molecule has 0 N–H and O–H groups in total. The van der Waals surface area contributed by atoms with E-state index in [1.54, 1.807) is 0 Å². The predicted octanol–water partition coefficient (Wildman–Crippen LogP) is 8.31. The second-order valence-electron chi connectivity index (χ2n) is 7.75. The van der Waals surface area contributed by atoms with E-state index in [1.165, 1.54) is 42.5 Å². The average Bonchev–Trinajstić information content (AvgIpc) is 3.09. The minimum absolute atomic E-state index is 0.0334. The number of alkyl halides is 3. The van der Waals surface area contributed by atoms with Crippen molar-refractivity contribution in [1.82, 2.24) is 4.90 Å². The van der Waals surface area contributed by atoms with E-state index >= 15 is 0 Å². The number of thioether (sulfide) groups is 1. The Bertz CT molecular complexity index is 1470. The number of carbonyl (C=O) groups is 2. The fourth-order valence-electron chi connectivity index (χ4n) is 3.35. The number of amides is 2. The van der Waals surface area contributed by atoms with Gasteiger partial charge in [-0.3, -0.25) is 24.6 Å². The van der Waals surface area contributed by atoms with Gasteiger partial charge in [0.1, 0.15) is 5.82 Å². The van der Waals surface area contributed by atoms with E-state index < -0.39 is 45.1 Å². The summed E-state index contributed by atoms with van der Waals surface area (Å²) in [6, 6.07) is 10.3. The van der Waals surface area contributed by atoms with Gasteiger partial charge < -0.3 is 4.74 Å². The summed E-state index contributed by atoms with van der Waals surface area (Å²) in [5.41, 5.74) is -1.06. The van der Waals surface area contributed by atoms with Gasteiger partial charge in [0.15, 0.2) is 5.75 Å². The van der Waals surface area contributed by atoms with Crippen molar-refractivity contribution >= 4 is 66.5 Å². The molecule has 0 radical (unpaired) electrons. The first-order chi connectivity index (χ1) is 17.8. The molecule has 4 rings (SSSR count). The van der Waals surface area contributed by atoms with E-state index in [0.717, 1.165) is 22.7 Å². The Morgan fingerprint density at radius 3 is 2.24 bits per heavy atom. The Balaban J connectivity index is 1.58. The molecule has 0 spiro atoms. The maximum atomic E-state index is 13.1. The molecule has 38 heavy (non-hydrogen) atoms. The van der Waals surface area contributed by atoms with Crippen LogP contribution in [0, 0.1) is 15.9 Å². The van der Waals surface area contributed by atoms with Gasteiger partial charge in [-0.15, -0.1) is 0 Å². The first kappa shape index (κ1) is 27.8. The van der Waals surface area contributed by atoms with Crippen LogP contribution in [0.4, 0.5) is 28.0 Å². The molecule has 1 saturated heterocycles. The molecule has 0 unspecified atom stereocenters. The summed E-state index contributed by atoms with van der Waals surface area (Å²) >= 11 is 7.26. The fourth-order valence-corrected chi connectivity index (χ4v) is 5.58. The Morgan fingerprint density at radius 2 is 1.66 bits per heavy atom. The first-order valence-corrected chi connectivity index (χ1v) is 12.8. The van der Waals surface area contributed by atoms with Gasteiger partial charge in [0.05, 0.1) is 30.9 Å². The quantitative estimate of drug-likeness (QED) is 0.113. The van der Waals surface area contributed by atoms with Gasteiger partial charge in [-0.05, 0) is 97.2 Å². The van der Waals surface area contributed by atoms with Gasteiger partial charge in [-0.2, -0.15) is 13.2 Å². The molecule has 196 valence electrons. The topological polar surface area (TPSA) is 89.7 Å². The largest absolute Gasteiger partial charge is 0.448 e. The summed E-state index contributed by atoms with van der Waals surface area (Å²) in [6.07, 6.45) is -3.32. The van der Waals surface area contributed by atoms with E-state index in [9.17, 15) is 37.3 Å². The number of carbonyl (C=O) groups excluding carboxylic acids is 2. The maximum absolute atomic E-state index is 13.1. The predicted molar refractivity (Wildman–Crippen MR) is 138 cm³/mol. The number of benzene rings is 3. The Hall–Kier alpha value is -3.23. The molecule has 2 amide bonds. The third-order valence-corrected chi connectivity index (χ3v) is 7.23. The minimum atomic E-state index is -4.77. The number of hydrogen-bond acceptors (Lipinski definition) is 6. The lowest BCUT2D eigenvalue weighted by molar-refractivity contribution is -0.385. The van der Waals surface area contributed by atoms with Crippen molar-refractivity contribution < 1.29 is 36.8 Å². The van der Waals surface area contributed by atoms with E-state index in [0.29, 0.717) is 23.3 Å². The zero-order valence-corrected chi connectivity index (χ0v) is 22.6. The number of nitro benzene ring substituents is 1. The van der Waals surface area contributed by atoms with Crippen molar-refractivity contribution in [1.29, 1.82) is 0 Å². The van der Waals surface area contributed by atoms with Crippen LogP contribution in [0.5, 0.6) is 11.5 Å². The molecule has 1 aliphatic heterocycles. The van der Waals surface area contributed by atoms with Crippen molar-refractivity contribution in [2.24, 2.45) is 0 Å². The fraction of sp³-hybridized carbons (Fsp3) is 0.0833. The van der Waals surface area contributed by atoms with Crippen molar-refractivity contribution in [3.05, 3.63) is 101 Å². The smallest absolute Gasteiger partial charge is 0.416 e. The average molecular weight is 676 g/mol. The van der Waals surface area contributed by atoms with Crippen molar-refractivity contribution in [3.63, 3.8) is 0 Å². The summed E-state index contributed by atoms with van der Waals surface area (Å²) in [6.45, 7) is -0.0334. The van der Waals surface area contributed by atoms with Crippen LogP contribution in [0.15, 0.2) is 68.4 Å². The summed E-state index contributed by atoms with van der Waals surface area (Å²) in [5, 5.41) is 10.9. The molecule has 0 aromatic heterocycles. The summed E-state index contributed by atoms with van der Waals surface area (Å²) in [5.74, 6) is -1.37. The summed E-state index contributed by atoms with van der Waals surface area (Å²) < 4.78 is 58.2. The Morgan fingerprint density at radius 1 is 1.03 bits per heavy atom. The molecule has 1 aliphatic rings. The summed E-state index contributed by atoms with van der Waals surface area (Å²) in [4.78, 5) is 36.8. The van der Waals surface area contributed by atoms with Gasteiger partial charge in [0, 0.05) is 6.07 Å². The SMILES string of the molecule is O=C1S/C(=C\c2cc(Br)c(Oc3ccc(C(F)(F)F)cc3[N+](=O)[O-])c(Br)c2)C(=O)N1Cc1ccc(F)cc1. The number of halogens is 6. The highest BCUT2D eigenvalue weighted by Crippen LogP contribution is 2.43. The molecule has 0 saturated carbocycles. The van der Waals surface area contributed by atoms with Crippen LogP contribution in [0.1, 0.15) is 16.7 Å². The number of hydrogen-bond donors (Lipinski definition) is 0. The number of nitrogens with zero attached hydrogens (tertiary/aromatic N) is 2. The molecular formula is C24H12Br2F4N2O5S. The van der Waals surface area contributed by atoms with E-state index in [-0.39, 0.29) is 26.1 Å². The zero-order chi connectivity index (χ0) is 27.8. The van der Waals surface area contributed by atoms with Crippen LogP contribution in [-0.4, -0.2) is 21.0 Å². The monoisotopic (exact) mass is 674 g/mol. The second-order valence-corrected chi connectivity index (χ2v) is 10.4. The zero-order valence-electron chi connectivity index (χ0n) is 18.6. The van der Waals surface area contributed by atoms with Gasteiger partial charge in [-0.1, -0.05) is 12.1 Å². The van der Waals surface area contributed by atoms with Crippen LogP contribution < -0.4 is 4.74 Å². The summed E-state index contributed by atoms with van der Waals surface area (Å²) in [7, 11) is 0. The third kappa shape index (κ3) is 6.08. The lowest BCUT2D eigenvalue weighted by Gasteiger charge is -2.13. The van der Waals surface area contributed by atoms with Crippen LogP contribution in [-0.2, 0) is 17.5 Å². The molecular weight excluding hydrogens is 664 g/mol. The van der Waals surface area contributed by atoms with E-state index in [1.807, 2.05) is 0 Å². The molecule has 0 aliphatic carbocycles. The highest BCUT2D eigenvalue weighted by Gasteiger charge is 2.35. The van der Waals surface area contributed by atoms with Crippen LogP contribution >= 0.6 is 43.6 Å². The highest BCUT2D eigenvalue weighted by atomic mass is 79.9. The number of imide groups is 1. The molecule has 3 aromatic carbocycles. The van der Waals surface area contributed by atoms with Crippen molar-refractivity contribution in [2.45, 2.75) is 12.7 Å². The van der Waals surface area contributed by atoms with Gasteiger partial charge in [0.25, 0.3) is 11.1 Å². The minimum Gasteiger partial charge on any atom is -0.448 e. The molecule has 0 bridgehead atoms. The van der Waals surface area contributed by atoms with Crippen molar-refractivity contribution in [2.75, 3.05) is 0 Å². The number of rotatable bonds is 6. The van der Waals surface area contributed by atoms with Gasteiger partial charge in [-0.25, -0.2) is 4.39 Å². The normalized spacial score (nSPS) is 14.9. The molecule has 0 atom stereocenters. The van der Waals surface area contributed by atoms with Crippen LogP contribution in [0.25, 0.3) is 6.08 Å². The third-order valence-electron chi connectivity index (χ3n) is 5.14. The molecule has 1 fully saturated rings. The van der Waals surface area contributed by atoms with E-state index in [2.05, 4.69) is 31.9 Å². The maximum Gasteiger partial charge on any atom is 0.416 e.